The van der Waals surface area contributed by atoms with Crippen molar-refractivity contribution in [3.63, 3.8) is 0 Å². The summed E-state index contributed by atoms with van der Waals surface area (Å²) in [4.78, 5) is 12.7. The molecule has 1 N–H and O–H groups in total. The minimum absolute atomic E-state index is 0.282. The molecule has 0 aliphatic rings. The van der Waals surface area contributed by atoms with E-state index in [9.17, 15) is 4.79 Å². The Bertz CT molecular complexity index is 1160. The molecular weight excluding hydrogens is 434 g/mol. The lowest BCUT2D eigenvalue weighted by Gasteiger charge is -2.10. The number of benzene rings is 3. The van der Waals surface area contributed by atoms with E-state index >= 15 is 0 Å². The molecule has 4 rings (SSSR count). The standard InChI is InChI=1S/C22H16BrN3O3/c1-28-19-11-10-16(23)13-18(19)20(27)24-17-9-5-8-15(12-17)22-26-25-21(29-22)14-6-3-2-4-7-14/h2-13H,1H3,(H,24,27). The van der Waals surface area contributed by atoms with E-state index in [1.807, 2.05) is 48.5 Å². The molecule has 29 heavy (non-hydrogen) atoms. The summed E-state index contributed by atoms with van der Waals surface area (Å²) in [6.07, 6.45) is 0. The average Bonchev–Trinajstić information content (AvgIpc) is 3.25. The summed E-state index contributed by atoms with van der Waals surface area (Å²) in [5.41, 5.74) is 2.58. The van der Waals surface area contributed by atoms with Gasteiger partial charge in [0.05, 0.1) is 12.7 Å². The molecule has 144 valence electrons. The number of hydrogen-bond acceptors (Lipinski definition) is 5. The predicted molar refractivity (Wildman–Crippen MR) is 114 cm³/mol. The Morgan fingerprint density at radius 1 is 0.931 bits per heavy atom. The summed E-state index contributed by atoms with van der Waals surface area (Å²) >= 11 is 3.38. The molecule has 1 heterocycles. The lowest BCUT2D eigenvalue weighted by molar-refractivity contribution is 0.102. The third-order valence-corrected chi connectivity index (χ3v) is 4.71. The van der Waals surface area contributed by atoms with E-state index in [2.05, 4.69) is 31.4 Å². The average molecular weight is 450 g/mol. The van der Waals surface area contributed by atoms with Crippen LogP contribution in [0.3, 0.4) is 0 Å². The topological polar surface area (TPSA) is 77.2 Å². The molecule has 0 fully saturated rings. The molecule has 0 spiro atoms. The molecule has 4 aromatic rings. The van der Waals surface area contributed by atoms with Gasteiger partial charge < -0.3 is 14.5 Å². The fourth-order valence-corrected chi connectivity index (χ4v) is 3.18. The summed E-state index contributed by atoms with van der Waals surface area (Å²) in [5.74, 6) is 1.02. The number of nitrogens with one attached hydrogen (secondary N) is 1. The first-order valence-corrected chi connectivity index (χ1v) is 9.57. The minimum Gasteiger partial charge on any atom is -0.496 e. The SMILES string of the molecule is COc1ccc(Br)cc1C(=O)Nc1cccc(-c2nnc(-c3ccccc3)o2)c1. The summed E-state index contributed by atoms with van der Waals surface area (Å²) in [7, 11) is 1.53. The second kappa shape index (κ2) is 8.28. The molecular formula is C22H16BrN3O3. The van der Waals surface area contributed by atoms with Gasteiger partial charge in [0, 0.05) is 21.3 Å². The quantitative estimate of drug-likeness (QED) is 0.439. The lowest BCUT2D eigenvalue weighted by atomic mass is 10.1. The van der Waals surface area contributed by atoms with Crippen molar-refractivity contribution in [3.8, 4) is 28.7 Å². The second-order valence-corrected chi connectivity index (χ2v) is 7.07. The van der Waals surface area contributed by atoms with Crippen molar-refractivity contribution < 1.29 is 13.9 Å². The Labute approximate surface area is 175 Å². The van der Waals surface area contributed by atoms with E-state index < -0.39 is 0 Å². The van der Waals surface area contributed by atoms with Gasteiger partial charge in [-0.3, -0.25) is 4.79 Å². The number of halogens is 1. The highest BCUT2D eigenvalue weighted by Gasteiger charge is 2.15. The molecule has 6 nitrogen and oxygen atoms in total. The number of carbonyl (C=O) groups is 1. The van der Waals surface area contributed by atoms with Gasteiger partial charge >= 0.3 is 0 Å². The zero-order chi connectivity index (χ0) is 20.2. The van der Waals surface area contributed by atoms with Crippen LogP contribution in [0.2, 0.25) is 0 Å². The number of anilines is 1. The Hall–Kier alpha value is -3.45. The van der Waals surface area contributed by atoms with E-state index in [0.29, 0.717) is 34.3 Å². The van der Waals surface area contributed by atoms with Crippen LogP contribution in [0, 0.1) is 0 Å². The Morgan fingerprint density at radius 3 is 2.41 bits per heavy atom. The summed E-state index contributed by atoms with van der Waals surface area (Å²) in [6, 6.07) is 22.0. The van der Waals surface area contributed by atoms with Gasteiger partial charge in [0.25, 0.3) is 5.91 Å². The molecule has 0 radical (unpaired) electrons. The Balaban J connectivity index is 1.58. The highest BCUT2D eigenvalue weighted by Crippen LogP contribution is 2.27. The highest BCUT2D eigenvalue weighted by molar-refractivity contribution is 9.10. The number of methoxy groups -OCH3 is 1. The zero-order valence-corrected chi connectivity index (χ0v) is 17.0. The number of rotatable bonds is 5. The number of amides is 1. The molecule has 0 saturated carbocycles. The van der Waals surface area contributed by atoms with Crippen LogP contribution in [0.4, 0.5) is 5.69 Å². The van der Waals surface area contributed by atoms with Crippen LogP contribution in [-0.2, 0) is 0 Å². The fraction of sp³-hybridized carbons (Fsp3) is 0.0455. The van der Waals surface area contributed by atoms with Gasteiger partial charge in [-0.2, -0.15) is 0 Å². The molecule has 1 amide bonds. The number of hydrogen-bond donors (Lipinski definition) is 1. The summed E-state index contributed by atoms with van der Waals surface area (Å²) < 4.78 is 11.9. The third-order valence-electron chi connectivity index (χ3n) is 4.22. The zero-order valence-electron chi connectivity index (χ0n) is 15.4. The van der Waals surface area contributed by atoms with Crippen molar-refractivity contribution in [1.29, 1.82) is 0 Å². The summed E-state index contributed by atoms with van der Waals surface area (Å²) in [5, 5.41) is 11.1. The number of aromatic nitrogens is 2. The molecule has 0 aliphatic heterocycles. The first kappa shape index (κ1) is 18.9. The molecule has 1 aromatic heterocycles. The Kier molecular flexibility index (Phi) is 5.39. The molecule has 0 bridgehead atoms. The van der Waals surface area contributed by atoms with Crippen LogP contribution in [0.1, 0.15) is 10.4 Å². The van der Waals surface area contributed by atoms with Crippen LogP contribution in [0.15, 0.2) is 81.7 Å². The minimum atomic E-state index is -0.282. The molecule has 0 atom stereocenters. The molecule has 0 unspecified atom stereocenters. The normalized spacial score (nSPS) is 10.6. The molecule has 0 saturated heterocycles. The van der Waals surface area contributed by atoms with Crippen LogP contribution in [0.5, 0.6) is 5.75 Å². The van der Waals surface area contributed by atoms with Crippen molar-refractivity contribution in [2.24, 2.45) is 0 Å². The maximum Gasteiger partial charge on any atom is 0.259 e. The van der Waals surface area contributed by atoms with Crippen LogP contribution < -0.4 is 10.1 Å². The van der Waals surface area contributed by atoms with Crippen LogP contribution in [0.25, 0.3) is 22.9 Å². The maximum atomic E-state index is 12.7. The second-order valence-electron chi connectivity index (χ2n) is 6.16. The maximum absolute atomic E-state index is 12.7. The molecule has 0 aliphatic carbocycles. The van der Waals surface area contributed by atoms with Gasteiger partial charge in [0.15, 0.2) is 0 Å². The predicted octanol–water partition coefficient (Wildman–Crippen LogP) is 5.43. The lowest BCUT2D eigenvalue weighted by Crippen LogP contribution is -2.13. The van der Waals surface area contributed by atoms with Crippen LogP contribution in [-0.4, -0.2) is 23.2 Å². The molecule has 7 heteroatoms. The van der Waals surface area contributed by atoms with Crippen molar-refractivity contribution in [1.82, 2.24) is 10.2 Å². The van der Waals surface area contributed by atoms with E-state index in [1.165, 1.54) is 7.11 Å². The number of nitrogens with zero attached hydrogens (tertiary/aromatic N) is 2. The largest absolute Gasteiger partial charge is 0.496 e. The van der Waals surface area contributed by atoms with Gasteiger partial charge in [-0.1, -0.05) is 40.2 Å². The van der Waals surface area contributed by atoms with Crippen LogP contribution >= 0.6 is 15.9 Å². The van der Waals surface area contributed by atoms with Crippen molar-refractivity contribution in [3.05, 3.63) is 82.8 Å². The van der Waals surface area contributed by atoms with Gasteiger partial charge in [0.2, 0.25) is 11.8 Å². The monoisotopic (exact) mass is 449 g/mol. The first-order chi connectivity index (χ1) is 14.1. The van der Waals surface area contributed by atoms with Crippen molar-refractivity contribution >= 4 is 27.5 Å². The van der Waals surface area contributed by atoms with Gasteiger partial charge in [-0.05, 0) is 48.5 Å². The third kappa shape index (κ3) is 4.20. The van der Waals surface area contributed by atoms with E-state index in [-0.39, 0.29) is 5.91 Å². The van der Waals surface area contributed by atoms with Gasteiger partial charge in [-0.15, -0.1) is 10.2 Å². The highest BCUT2D eigenvalue weighted by atomic mass is 79.9. The smallest absolute Gasteiger partial charge is 0.259 e. The van der Waals surface area contributed by atoms with E-state index in [0.717, 1.165) is 10.0 Å². The van der Waals surface area contributed by atoms with E-state index in [4.69, 9.17) is 9.15 Å². The van der Waals surface area contributed by atoms with Crippen molar-refractivity contribution in [2.45, 2.75) is 0 Å². The number of ether oxygens (including phenoxy) is 1. The number of carbonyl (C=O) groups excluding carboxylic acids is 1. The molecule has 3 aromatic carbocycles. The van der Waals surface area contributed by atoms with Gasteiger partial charge in [0.1, 0.15) is 5.75 Å². The Morgan fingerprint density at radius 2 is 1.66 bits per heavy atom. The fourth-order valence-electron chi connectivity index (χ4n) is 2.82. The summed E-state index contributed by atoms with van der Waals surface area (Å²) in [6.45, 7) is 0. The first-order valence-electron chi connectivity index (χ1n) is 8.78. The van der Waals surface area contributed by atoms with Crippen molar-refractivity contribution in [2.75, 3.05) is 12.4 Å². The van der Waals surface area contributed by atoms with Gasteiger partial charge in [-0.25, -0.2) is 0 Å². The van der Waals surface area contributed by atoms with E-state index in [1.54, 1.807) is 24.3 Å².